The molecule has 1 N–H and O–H groups in total. The number of amides is 1. The van der Waals surface area contributed by atoms with E-state index in [1.54, 1.807) is 30.0 Å². The van der Waals surface area contributed by atoms with Gasteiger partial charge in [0, 0.05) is 24.7 Å². The molecule has 5 nitrogen and oxygen atoms in total. The predicted octanol–water partition coefficient (Wildman–Crippen LogP) is 2.20. The Morgan fingerprint density at radius 1 is 1.38 bits per heavy atom. The molecule has 0 aliphatic carbocycles. The Balaban J connectivity index is 2.29. The van der Waals surface area contributed by atoms with Crippen molar-refractivity contribution in [1.82, 2.24) is 4.72 Å². The van der Waals surface area contributed by atoms with Gasteiger partial charge in [-0.3, -0.25) is 4.79 Å². The van der Waals surface area contributed by atoms with E-state index >= 15 is 0 Å². The van der Waals surface area contributed by atoms with Crippen LogP contribution in [-0.4, -0.2) is 26.9 Å². The molecule has 1 saturated heterocycles. The fourth-order valence-electron chi connectivity index (χ4n) is 2.44. The summed E-state index contributed by atoms with van der Waals surface area (Å²) in [6.45, 7) is 6.23. The summed E-state index contributed by atoms with van der Waals surface area (Å²) in [5.74, 6) is 0.0998. The van der Waals surface area contributed by atoms with Crippen molar-refractivity contribution in [2.45, 2.75) is 51.0 Å². The number of benzene rings is 1. The van der Waals surface area contributed by atoms with Crippen molar-refractivity contribution >= 4 is 21.6 Å². The fraction of sp³-hybridized carbons (Fsp3) is 0.533. The van der Waals surface area contributed by atoms with Gasteiger partial charge in [0.1, 0.15) is 0 Å². The minimum absolute atomic E-state index is 0.0998. The summed E-state index contributed by atoms with van der Waals surface area (Å²) in [5.41, 5.74) is 1.43. The van der Waals surface area contributed by atoms with Crippen molar-refractivity contribution in [2.75, 3.05) is 11.4 Å². The van der Waals surface area contributed by atoms with Gasteiger partial charge in [-0.15, -0.1) is 0 Å². The van der Waals surface area contributed by atoms with E-state index in [1.165, 1.54) is 0 Å². The number of carbonyl (C=O) groups is 1. The van der Waals surface area contributed by atoms with Crippen molar-refractivity contribution < 1.29 is 13.2 Å². The molecule has 1 aromatic rings. The molecule has 2 rings (SSSR count). The summed E-state index contributed by atoms with van der Waals surface area (Å²) in [6, 6.07) is 4.96. The van der Waals surface area contributed by atoms with Crippen LogP contribution < -0.4 is 9.62 Å². The summed E-state index contributed by atoms with van der Waals surface area (Å²) in [6.07, 6.45) is 2.15. The van der Waals surface area contributed by atoms with E-state index in [0.29, 0.717) is 18.5 Å². The van der Waals surface area contributed by atoms with Crippen molar-refractivity contribution in [1.29, 1.82) is 0 Å². The van der Waals surface area contributed by atoms with Crippen LogP contribution in [0.5, 0.6) is 0 Å². The van der Waals surface area contributed by atoms with Crippen molar-refractivity contribution in [2.24, 2.45) is 0 Å². The molecule has 21 heavy (non-hydrogen) atoms. The SMILES string of the molecule is CC[C@H](C)NS(=O)(=O)c1ccc(N2CCCC2=O)cc1C. The van der Waals surface area contributed by atoms with E-state index < -0.39 is 10.0 Å². The standard InChI is InChI=1S/C15H22N2O3S/c1-4-12(3)16-21(19,20)14-8-7-13(10-11(14)2)17-9-5-6-15(17)18/h7-8,10,12,16H,4-6,9H2,1-3H3/t12-/m0/s1. The quantitative estimate of drug-likeness (QED) is 0.906. The maximum absolute atomic E-state index is 12.3. The third kappa shape index (κ3) is 3.44. The number of hydrogen-bond acceptors (Lipinski definition) is 3. The Hall–Kier alpha value is -1.40. The second kappa shape index (κ2) is 6.15. The zero-order chi connectivity index (χ0) is 15.6. The Morgan fingerprint density at radius 3 is 2.62 bits per heavy atom. The fourth-order valence-corrected chi connectivity index (χ4v) is 3.99. The average Bonchev–Trinajstić information content (AvgIpc) is 2.83. The first-order valence-corrected chi connectivity index (χ1v) is 8.77. The number of rotatable bonds is 5. The van der Waals surface area contributed by atoms with Crippen LogP contribution in [0.4, 0.5) is 5.69 Å². The number of aryl methyl sites for hydroxylation is 1. The topological polar surface area (TPSA) is 66.5 Å². The number of nitrogens with one attached hydrogen (secondary N) is 1. The molecule has 1 fully saturated rings. The maximum atomic E-state index is 12.3. The molecule has 1 amide bonds. The van der Waals surface area contributed by atoms with Gasteiger partial charge in [0.15, 0.2) is 0 Å². The predicted molar refractivity (Wildman–Crippen MR) is 82.8 cm³/mol. The molecule has 0 saturated carbocycles. The lowest BCUT2D eigenvalue weighted by Gasteiger charge is -2.18. The molecule has 1 heterocycles. The van der Waals surface area contributed by atoms with Gasteiger partial charge in [-0.2, -0.15) is 0 Å². The van der Waals surface area contributed by atoms with Gasteiger partial charge in [-0.05, 0) is 50.5 Å². The van der Waals surface area contributed by atoms with Crippen LogP contribution >= 0.6 is 0 Å². The van der Waals surface area contributed by atoms with E-state index in [1.807, 2.05) is 13.8 Å². The normalized spacial score (nSPS) is 17.3. The lowest BCUT2D eigenvalue weighted by Crippen LogP contribution is -2.32. The van der Waals surface area contributed by atoms with Gasteiger partial charge in [-0.1, -0.05) is 6.92 Å². The first kappa shape index (κ1) is 16.0. The van der Waals surface area contributed by atoms with Crippen LogP contribution in [0.1, 0.15) is 38.7 Å². The second-order valence-electron chi connectivity index (χ2n) is 5.53. The van der Waals surface area contributed by atoms with Crippen LogP contribution in [0.2, 0.25) is 0 Å². The zero-order valence-electron chi connectivity index (χ0n) is 12.7. The van der Waals surface area contributed by atoms with E-state index in [2.05, 4.69) is 4.72 Å². The van der Waals surface area contributed by atoms with E-state index in [-0.39, 0.29) is 16.8 Å². The van der Waals surface area contributed by atoms with Gasteiger partial charge in [0.25, 0.3) is 0 Å². The number of anilines is 1. The largest absolute Gasteiger partial charge is 0.312 e. The van der Waals surface area contributed by atoms with Gasteiger partial charge < -0.3 is 4.90 Å². The van der Waals surface area contributed by atoms with Gasteiger partial charge in [0.05, 0.1) is 4.90 Å². The summed E-state index contributed by atoms with van der Waals surface area (Å²) >= 11 is 0. The highest BCUT2D eigenvalue weighted by Crippen LogP contribution is 2.26. The Morgan fingerprint density at radius 2 is 2.10 bits per heavy atom. The zero-order valence-corrected chi connectivity index (χ0v) is 13.5. The molecular weight excluding hydrogens is 288 g/mol. The molecule has 0 aromatic heterocycles. The molecule has 0 unspecified atom stereocenters. The van der Waals surface area contributed by atoms with E-state index in [4.69, 9.17) is 0 Å². The van der Waals surface area contributed by atoms with Gasteiger partial charge in [0.2, 0.25) is 15.9 Å². The van der Waals surface area contributed by atoms with Gasteiger partial charge >= 0.3 is 0 Å². The molecule has 1 aliphatic rings. The third-order valence-electron chi connectivity index (χ3n) is 3.80. The lowest BCUT2D eigenvalue weighted by molar-refractivity contribution is -0.117. The lowest BCUT2D eigenvalue weighted by atomic mass is 10.2. The maximum Gasteiger partial charge on any atom is 0.241 e. The van der Waals surface area contributed by atoms with Crippen LogP contribution in [0.3, 0.4) is 0 Å². The highest BCUT2D eigenvalue weighted by Gasteiger charge is 2.24. The van der Waals surface area contributed by atoms with Crippen molar-refractivity contribution in [3.8, 4) is 0 Å². The van der Waals surface area contributed by atoms with Crippen molar-refractivity contribution in [3.63, 3.8) is 0 Å². The molecule has 116 valence electrons. The van der Waals surface area contributed by atoms with Crippen LogP contribution in [0.25, 0.3) is 0 Å². The first-order chi connectivity index (χ1) is 9.85. The average molecular weight is 310 g/mol. The molecule has 0 spiro atoms. The van der Waals surface area contributed by atoms with Crippen LogP contribution in [-0.2, 0) is 14.8 Å². The number of hydrogen-bond donors (Lipinski definition) is 1. The van der Waals surface area contributed by atoms with Crippen LogP contribution in [0, 0.1) is 6.92 Å². The van der Waals surface area contributed by atoms with Gasteiger partial charge in [-0.25, -0.2) is 13.1 Å². The third-order valence-corrected chi connectivity index (χ3v) is 5.55. The summed E-state index contributed by atoms with van der Waals surface area (Å²) in [5, 5.41) is 0. The molecule has 0 bridgehead atoms. The first-order valence-electron chi connectivity index (χ1n) is 7.28. The monoisotopic (exact) mass is 310 g/mol. The Kier molecular flexibility index (Phi) is 4.68. The number of nitrogens with zero attached hydrogens (tertiary/aromatic N) is 1. The van der Waals surface area contributed by atoms with E-state index in [0.717, 1.165) is 18.5 Å². The highest BCUT2D eigenvalue weighted by molar-refractivity contribution is 7.89. The number of carbonyl (C=O) groups excluding carboxylic acids is 1. The smallest absolute Gasteiger partial charge is 0.241 e. The highest BCUT2D eigenvalue weighted by atomic mass is 32.2. The summed E-state index contributed by atoms with van der Waals surface area (Å²) in [7, 11) is -3.51. The summed E-state index contributed by atoms with van der Waals surface area (Å²) in [4.78, 5) is 13.7. The molecule has 1 atom stereocenters. The number of sulfonamides is 1. The molecule has 1 aliphatic heterocycles. The molecular formula is C15H22N2O3S. The minimum Gasteiger partial charge on any atom is -0.312 e. The summed E-state index contributed by atoms with van der Waals surface area (Å²) < 4.78 is 27.3. The molecule has 1 aromatic carbocycles. The second-order valence-corrected chi connectivity index (χ2v) is 7.21. The minimum atomic E-state index is -3.51. The van der Waals surface area contributed by atoms with Crippen molar-refractivity contribution in [3.05, 3.63) is 23.8 Å². The van der Waals surface area contributed by atoms with E-state index in [9.17, 15) is 13.2 Å². The molecule has 6 heteroatoms. The van der Waals surface area contributed by atoms with Crippen LogP contribution in [0.15, 0.2) is 23.1 Å². The Bertz CT molecular complexity index is 640. The molecule has 0 radical (unpaired) electrons. The Labute approximate surface area is 126 Å².